The van der Waals surface area contributed by atoms with Crippen molar-refractivity contribution in [2.24, 2.45) is 49.2 Å². The molecule has 5 rings (SSSR count). The number of aliphatic carboxylic acids is 1. The van der Waals surface area contributed by atoms with E-state index < -0.39 is 77.3 Å². The number of carbonyl (C=O) groups excluding carboxylic acids is 3. The van der Waals surface area contributed by atoms with Crippen molar-refractivity contribution in [2.45, 2.75) is 269 Å². The van der Waals surface area contributed by atoms with E-state index >= 15 is 0 Å². The Balaban J connectivity index is 0.00000124. The third-order valence-corrected chi connectivity index (χ3v) is 28.0. The zero-order valence-corrected chi connectivity index (χ0v) is 66.9. The van der Waals surface area contributed by atoms with Crippen molar-refractivity contribution < 1.29 is 103 Å². The van der Waals surface area contributed by atoms with Gasteiger partial charge in [-0.15, -0.1) is 0 Å². The number of unbranched alkanes of at least 4 members (excludes halogenated alkanes) is 3. The number of halogens is 3. The first-order valence-electron chi connectivity index (χ1n) is 36.3. The van der Waals surface area contributed by atoms with Gasteiger partial charge in [-0.1, -0.05) is 87.0 Å². The first kappa shape index (κ1) is 94.2. The number of ether oxygens (including phenoxy) is 9. The third-order valence-electron chi connectivity index (χ3n) is 19.5. The number of alkyl halides is 3. The highest BCUT2D eigenvalue weighted by molar-refractivity contribution is 7.91. The lowest BCUT2D eigenvalue weighted by Crippen LogP contribution is -3.14. The van der Waals surface area contributed by atoms with Gasteiger partial charge in [0.25, 0.3) is 0 Å². The average molecular weight is 1450 g/mol. The van der Waals surface area contributed by atoms with E-state index in [1.165, 1.54) is 51.0 Å². The molecular weight excluding hydrogens is 1310 g/mol. The summed E-state index contributed by atoms with van der Waals surface area (Å²) in [6.45, 7) is 50.1. The fourth-order valence-corrected chi connectivity index (χ4v) is 21.1. The van der Waals surface area contributed by atoms with Gasteiger partial charge >= 0.3 is 39.4 Å². The highest BCUT2D eigenvalue weighted by Crippen LogP contribution is 2.63. The summed E-state index contributed by atoms with van der Waals surface area (Å²) in [7, 11) is -7.39. The molecule has 26 heteroatoms. The number of hydrogen-bond donors (Lipinski definition) is 2. The lowest BCUT2D eigenvalue weighted by Gasteiger charge is -2.62. The number of sulfonamides is 1. The average Bonchev–Trinajstić information content (AvgIpc) is 0.715. The second-order valence-corrected chi connectivity index (χ2v) is 41.2. The molecule has 0 aromatic carbocycles. The van der Waals surface area contributed by atoms with Gasteiger partial charge in [0.2, 0.25) is 0 Å². The smallest absolute Gasteiger partial charge is 0.518 e. The summed E-state index contributed by atoms with van der Waals surface area (Å²) in [5.41, 5.74) is -9.88. The Morgan fingerprint density at radius 3 is 1.53 bits per heavy atom. The van der Waals surface area contributed by atoms with Crippen LogP contribution in [0.1, 0.15) is 219 Å². The van der Waals surface area contributed by atoms with Crippen LogP contribution in [0.2, 0.25) is 38.3 Å². The number of quaternary nitrogens is 1. The van der Waals surface area contributed by atoms with E-state index in [-0.39, 0.29) is 48.5 Å². The highest BCUT2D eigenvalue weighted by atomic mass is 32.2. The van der Waals surface area contributed by atoms with Crippen LogP contribution in [0, 0.1) is 44.8 Å². The van der Waals surface area contributed by atoms with Gasteiger partial charge in [-0.2, -0.15) is 26.0 Å². The Morgan fingerprint density at radius 2 is 1.07 bits per heavy atom. The van der Waals surface area contributed by atoms with Crippen LogP contribution in [-0.4, -0.2) is 184 Å². The quantitative estimate of drug-likeness (QED) is 0.0144. The fraction of sp³-hybridized carbons (Fsp3) is 0.930. The number of hydrogen-bond acceptors (Lipinski definition) is 17. The van der Waals surface area contributed by atoms with Crippen LogP contribution in [0.5, 0.6) is 0 Å². The normalized spacial score (nSPS) is 20.3. The Hall–Kier alpha value is -2.80. The molecule has 4 aliphatic carbocycles. The van der Waals surface area contributed by atoms with Crippen molar-refractivity contribution in [3.05, 3.63) is 0 Å². The molecule has 97 heavy (non-hydrogen) atoms. The molecule has 0 spiro atoms. The van der Waals surface area contributed by atoms with Gasteiger partial charge in [0.05, 0.1) is 94.3 Å². The predicted molar refractivity (Wildman–Crippen MR) is 379 cm³/mol. The fourth-order valence-electron chi connectivity index (χ4n) is 11.6. The zero-order chi connectivity index (χ0) is 74.4. The van der Waals surface area contributed by atoms with E-state index in [1.807, 2.05) is 55.4 Å². The van der Waals surface area contributed by atoms with E-state index in [4.69, 9.17) is 51.9 Å². The van der Waals surface area contributed by atoms with Crippen LogP contribution in [0.3, 0.4) is 0 Å². The minimum Gasteiger partial charge on any atom is -0.861 e. The molecule has 1 aliphatic heterocycles. The molecule has 4 bridgehead atoms. The van der Waals surface area contributed by atoms with Crippen molar-refractivity contribution in [3.8, 4) is 0 Å². The van der Waals surface area contributed by atoms with Gasteiger partial charge in [-0.05, 0) is 194 Å². The molecule has 1 heterocycles. The van der Waals surface area contributed by atoms with Crippen LogP contribution in [0.4, 0.5) is 13.2 Å². The number of nitrogens with one attached hydrogen (secondary N) is 1. The Morgan fingerprint density at radius 1 is 0.619 bits per heavy atom. The molecular formula is C71H137F3N2O18SSi2. The van der Waals surface area contributed by atoms with Crippen LogP contribution >= 0.6 is 0 Å². The molecule has 3 unspecified atom stereocenters. The molecule has 20 nitrogen and oxygen atoms in total. The van der Waals surface area contributed by atoms with Gasteiger partial charge < -0.3 is 61.9 Å². The van der Waals surface area contributed by atoms with E-state index in [1.54, 1.807) is 39.7 Å². The number of morpholine rings is 1. The van der Waals surface area contributed by atoms with Crippen LogP contribution in [0.25, 0.3) is 0 Å². The highest BCUT2D eigenvalue weighted by Gasteiger charge is 2.61. The molecule has 0 radical (unpaired) electrons. The summed E-state index contributed by atoms with van der Waals surface area (Å²) < 4.78 is 119. The molecule has 3 atom stereocenters. The maximum atomic E-state index is 12.7. The van der Waals surface area contributed by atoms with Gasteiger partial charge in [0, 0.05) is 19.1 Å². The summed E-state index contributed by atoms with van der Waals surface area (Å²) in [6.07, 6.45) is 15.1. The minimum absolute atomic E-state index is 0.00605. The van der Waals surface area contributed by atoms with Crippen molar-refractivity contribution in [2.75, 3.05) is 113 Å². The number of nitrogens with zero attached hydrogens (tertiary/aromatic N) is 1. The van der Waals surface area contributed by atoms with E-state index in [2.05, 4.69) is 51.4 Å². The Labute approximate surface area is 587 Å². The van der Waals surface area contributed by atoms with Crippen molar-refractivity contribution in [1.82, 2.24) is 0 Å². The summed E-state index contributed by atoms with van der Waals surface area (Å²) in [4.78, 5) is 48.1. The molecule has 0 aromatic rings. The summed E-state index contributed by atoms with van der Waals surface area (Å²) in [6, 6.07) is 2.31. The molecule has 4 saturated carbocycles. The molecule has 5 aliphatic rings. The Bertz CT molecular complexity index is 2340. The zero-order valence-electron chi connectivity index (χ0n) is 64.1. The lowest BCUT2D eigenvalue weighted by molar-refractivity contribution is -0.908. The number of methoxy groups -OCH3 is 1. The first-order chi connectivity index (χ1) is 45.0. The maximum Gasteiger partial charge on any atom is 0.518 e. The lowest BCUT2D eigenvalue weighted by atomic mass is 9.47. The number of carbonyl (C=O) groups is 4. The SMILES string of the molecule is CCC(C)(C)C(=O)O.CCC(C)(C)C(=O)OC12CC3CC(C1)CC(C([O-])=NS(=O)(=O)C(F)(F)F)(C3)C2.CCCCCC(CC)COCCOCCOC(=O)C(C)(C)CC.CCCC[Si](C)(C)O[Si](C)(C)CCCOC(=O)C(C)(C)CC.COCCOCCOCC[NH+]1CCOCC1. The topological polar surface area (TPSA) is 255 Å². The van der Waals surface area contributed by atoms with Crippen molar-refractivity contribution >= 4 is 56.4 Å². The standard InChI is InChI=1S/C19H38O4.C18H26F3NO5S.C17H38O3Si2.C11H23NO4.C6H12O2/c1-6-9-10-11-17(7-2)16-22-13-12-21-14-15-23-18(20)19(4,5)8-3;1-4-15(2,3)14(24)27-17-8-11-5-12(9-17)7-16(6-11,10-17)13(23)22-28(25,26)18(19,20)21;1-9-11-14-21(5,6)20-22(7,8)15-12-13-19-16(18)17(3,4)10-2;1-13-8-9-16-11-10-15-7-4-12-2-5-14-6-3-12;1-4-6(2,3)5(7)8/h17H,6-16H2,1-5H3;11-12H,4-10H2,1-3H3,(H,22,23);9-15H2,1-8H3;2-11H2,1H3;4H2,1-3H3,(H,7,8). The monoisotopic (exact) mass is 1450 g/mol. The summed E-state index contributed by atoms with van der Waals surface area (Å²) in [5.74, 6) is -1.93. The molecule has 574 valence electrons. The molecule has 1 saturated heterocycles. The minimum atomic E-state index is -5.89. The molecule has 5 fully saturated rings. The van der Waals surface area contributed by atoms with Gasteiger partial charge in [-0.25, -0.2) is 0 Å². The third kappa shape index (κ3) is 37.8. The molecule has 2 N–H and O–H groups in total. The predicted octanol–water partition coefficient (Wildman–Crippen LogP) is 13.2. The second-order valence-electron chi connectivity index (χ2n) is 30.8. The van der Waals surface area contributed by atoms with Crippen LogP contribution in [0.15, 0.2) is 4.40 Å². The summed E-state index contributed by atoms with van der Waals surface area (Å²) >= 11 is 0. The number of rotatable bonds is 42. The van der Waals surface area contributed by atoms with Gasteiger partial charge in [0.1, 0.15) is 31.8 Å². The number of esters is 3. The van der Waals surface area contributed by atoms with Crippen molar-refractivity contribution in [3.63, 3.8) is 0 Å². The molecule has 0 amide bonds. The number of carboxylic acids is 1. The maximum absolute atomic E-state index is 12.7. The van der Waals surface area contributed by atoms with Crippen LogP contribution < -0.4 is 10.0 Å². The number of carboxylic acid groups (broad SMARTS) is 1. The Kier molecular flexibility index (Phi) is 44.7. The van der Waals surface area contributed by atoms with E-state index in [9.17, 15) is 45.9 Å². The second kappa shape index (κ2) is 46.0. The summed E-state index contributed by atoms with van der Waals surface area (Å²) in [5, 5.41) is 21.1. The van der Waals surface area contributed by atoms with Crippen LogP contribution in [-0.2, 0) is 75.9 Å². The van der Waals surface area contributed by atoms with E-state index in [0.717, 1.165) is 77.8 Å². The van der Waals surface area contributed by atoms with Gasteiger partial charge in [-0.3, -0.25) is 19.2 Å². The van der Waals surface area contributed by atoms with Crippen molar-refractivity contribution in [1.29, 1.82) is 0 Å². The molecule has 0 aromatic heterocycles. The van der Waals surface area contributed by atoms with Gasteiger partial charge in [0.15, 0.2) is 16.6 Å². The van der Waals surface area contributed by atoms with E-state index in [0.29, 0.717) is 91.1 Å². The first-order valence-corrected chi connectivity index (χ1v) is 44.0. The largest absolute Gasteiger partial charge is 0.861 e.